The summed E-state index contributed by atoms with van der Waals surface area (Å²) in [7, 11) is 1.39. The topological polar surface area (TPSA) is 55.8 Å². The molecular weight excluding hydrogens is 244 g/mol. The fourth-order valence-corrected chi connectivity index (χ4v) is 1.76. The van der Waals surface area contributed by atoms with Gasteiger partial charge in [0.2, 0.25) is 0 Å². The van der Waals surface area contributed by atoms with Crippen molar-refractivity contribution in [3.05, 3.63) is 29.8 Å². The van der Waals surface area contributed by atoms with Crippen molar-refractivity contribution >= 4 is 5.97 Å². The largest absolute Gasteiger partial charge is 0.493 e. The molecular formula is C15H22O4. The van der Waals surface area contributed by atoms with Crippen molar-refractivity contribution in [2.24, 2.45) is 0 Å². The van der Waals surface area contributed by atoms with Gasteiger partial charge in [0.1, 0.15) is 5.75 Å². The first-order valence-electron chi connectivity index (χ1n) is 6.66. The number of hydrogen-bond acceptors (Lipinski definition) is 4. The molecule has 0 saturated carbocycles. The molecule has 0 spiro atoms. The summed E-state index contributed by atoms with van der Waals surface area (Å²) >= 11 is 0. The smallest absolute Gasteiger partial charge is 0.305 e. The summed E-state index contributed by atoms with van der Waals surface area (Å²) in [6.07, 6.45) is 3.68. The van der Waals surface area contributed by atoms with E-state index in [1.165, 1.54) is 7.11 Å². The average Bonchev–Trinajstić information content (AvgIpc) is 2.45. The minimum absolute atomic E-state index is 0.210. The Morgan fingerprint density at radius 2 is 2.00 bits per heavy atom. The molecule has 0 saturated heterocycles. The number of carbonyl (C=O) groups excluding carboxylic acids is 1. The zero-order chi connectivity index (χ0) is 13.9. The number of ether oxygens (including phenoxy) is 2. The van der Waals surface area contributed by atoms with Crippen LogP contribution in [0.5, 0.6) is 5.75 Å². The van der Waals surface area contributed by atoms with Crippen LogP contribution in [0.15, 0.2) is 24.3 Å². The lowest BCUT2D eigenvalue weighted by atomic mass is 10.1. The lowest BCUT2D eigenvalue weighted by Crippen LogP contribution is -2.04. The van der Waals surface area contributed by atoms with Gasteiger partial charge in [0.15, 0.2) is 0 Å². The van der Waals surface area contributed by atoms with Gasteiger partial charge in [-0.15, -0.1) is 0 Å². The summed E-state index contributed by atoms with van der Waals surface area (Å²) in [6, 6.07) is 7.74. The van der Waals surface area contributed by atoms with Crippen LogP contribution in [0.4, 0.5) is 0 Å². The molecule has 0 aliphatic rings. The Bertz CT molecular complexity index is 376. The fourth-order valence-electron chi connectivity index (χ4n) is 1.76. The van der Waals surface area contributed by atoms with Crippen LogP contribution in [0, 0.1) is 0 Å². The number of aliphatic hydroxyl groups excluding tert-OH is 1. The number of aliphatic hydroxyl groups is 1. The third-order valence-electron chi connectivity index (χ3n) is 2.86. The normalized spacial score (nSPS) is 10.2. The van der Waals surface area contributed by atoms with Crippen LogP contribution in [-0.4, -0.2) is 31.4 Å². The molecule has 4 nitrogen and oxygen atoms in total. The highest BCUT2D eigenvalue weighted by molar-refractivity contribution is 5.69. The van der Waals surface area contributed by atoms with Gasteiger partial charge in [-0.2, -0.15) is 0 Å². The highest BCUT2D eigenvalue weighted by atomic mass is 16.5. The highest BCUT2D eigenvalue weighted by Crippen LogP contribution is 2.20. The molecule has 1 N–H and O–H groups in total. The summed E-state index contributed by atoms with van der Waals surface area (Å²) in [6.45, 7) is 0.866. The molecule has 0 aliphatic heterocycles. The van der Waals surface area contributed by atoms with E-state index in [0.29, 0.717) is 19.4 Å². The van der Waals surface area contributed by atoms with E-state index in [-0.39, 0.29) is 12.6 Å². The first-order chi connectivity index (χ1) is 9.27. The van der Waals surface area contributed by atoms with Crippen molar-refractivity contribution in [1.29, 1.82) is 0 Å². The van der Waals surface area contributed by atoms with Crippen LogP contribution in [0.1, 0.15) is 31.2 Å². The standard InChI is InChI=1S/C15H22O4/c1-18-15(17)10-9-13-7-3-4-8-14(13)19-12-6-2-5-11-16/h3-4,7-8,16H,2,5-6,9-12H2,1H3. The number of benzene rings is 1. The Kier molecular flexibility index (Phi) is 7.66. The van der Waals surface area contributed by atoms with Gasteiger partial charge in [0, 0.05) is 13.0 Å². The maximum absolute atomic E-state index is 11.1. The number of aryl methyl sites for hydroxylation is 1. The molecule has 1 aromatic carbocycles. The third kappa shape index (κ3) is 6.25. The monoisotopic (exact) mass is 266 g/mol. The maximum Gasteiger partial charge on any atom is 0.305 e. The molecule has 0 bridgehead atoms. The van der Waals surface area contributed by atoms with E-state index < -0.39 is 0 Å². The number of esters is 1. The Labute approximate surface area is 114 Å². The van der Waals surface area contributed by atoms with E-state index in [4.69, 9.17) is 9.84 Å². The molecule has 4 heteroatoms. The maximum atomic E-state index is 11.1. The van der Waals surface area contributed by atoms with Gasteiger partial charge in [-0.3, -0.25) is 4.79 Å². The van der Waals surface area contributed by atoms with Crippen LogP contribution in [0.3, 0.4) is 0 Å². The van der Waals surface area contributed by atoms with E-state index in [0.717, 1.165) is 30.6 Å². The second-order valence-corrected chi connectivity index (χ2v) is 4.32. The first-order valence-corrected chi connectivity index (χ1v) is 6.66. The quantitative estimate of drug-likeness (QED) is 0.550. The molecule has 106 valence electrons. The molecule has 0 aromatic heterocycles. The SMILES string of the molecule is COC(=O)CCc1ccccc1OCCCCCO. The predicted octanol–water partition coefficient (Wildman–Crippen LogP) is 2.33. The predicted molar refractivity (Wildman–Crippen MR) is 73.2 cm³/mol. The lowest BCUT2D eigenvalue weighted by molar-refractivity contribution is -0.140. The molecule has 0 radical (unpaired) electrons. The van der Waals surface area contributed by atoms with Gasteiger partial charge >= 0.3 is 5.97 Å². The number of unbranched alkanes of at least 4 members (excludes halogenated alkanes) is 2. The molecule has 0 unspecified atom stereocenters. The molecule has 0 heterocycles. The Morgan fingerprint density at radius 1 is 1.21 bits per heavy atom. The Balaban J connectivity index is 2.41. The summed E-state index contributed by atoms with van der Waals surface area (Å²) in [4.78, 5) is 11.1. The molecule has 1 aromatic rings. The van der Waals surface area contributed by atoms with Crippen molar-refractivity contribution in [2.75, 3.05) is 20.3 Å². The molecule has 0 atom stereocenters. The van der Waals surface area contributed by atoms with Gasteiger partial charge in [0.25, 0.3) is 0 Å². The van der Waals surface area contributed by atoms with Crippen molar-refractivity contribution in [3.8, 4) is 5.75 Å². The van der Waals surface area contributed by atoms with Crippen molar-refractivity contribution < 1.29 is 19.4 Å². The summed E-state index contributed by atoms with van der Waals surface area (Å²) in [5, 5.41) is 8.69. The van der Waals surface area contributed by atoms with Crippen LogP contribution in [0.2, 0.25) is 0 Å². The number of hydrogen-bond donors (Lipinski definition) is 1. The van der Waals surface area contributed by atoms with Crippen LogP contribution in [-0.2, 0) is 16.0 Å². The second kappa shape index (κ2) is 9.39. The zero-order valence-electron chi connectivity index (χ0n) is 11.4. The van der Waals surface area contributed by atoms with Gasteiger partial charge in [-0.1, -0.05) is 18.2 Å². The number of methoxy groups -OCH3 is 1. The van der Waals surface area contributed by atoms with E-state index in [1.807, 2.05) is 24.3 Å². The number of carbonyl (C=O) groups is 1. The minimum atomic E-state index is -0.210. The van der Waals surface area contributed by atoms with Crippen LogP contribution >= 0.6 is 0 Å². The molecule has 0 aliphatic carbocycles. The number of para-hydroxylation sites is 1. The van der Waals surface area contributed by atoms with Crippen molar-refractivity contribution in [3.63, 3.8) is 0 Å². The molecule has 0 amide bonds. The van der Waals surface area contributed by atoms with E-state index >= 15 is 0 Å². The average molecular weight is 266 g/mol. The fraction of sp³-hybridized carbons (Fsp3) is 0.533. The molecule has 0 fully saturated rings. The summed E-state index contributed by atoms with van der Waals surface area (Å²) in [5.74, 6) is 0.619. The molecule has 19 heavy (non-hydrogen) atoms. The Hall–Kier alpha value is -1.55. The number of rotatable bonds is 9. The van der Waals surface area contributed by atoms with E-state index in [2.05, 4.69) is 4.74 Å². The van der Waals surface area contributed by atoms with Gasteiger partial charge in [-0.25, -0.2) is 0 Å². The van der Waals surface area contributed by atoms with E-state index in [1.54, 1.807) is 0 Å². The van der Waals surface area contributed by atoms with Crippen molar-refractivity contribution in [1.82, 2.24) is 0 Å². The van der Waals surface area contributed by atoms with Crippen molar-refractivity contribution in [2.45, 2.75) is 32.1 Å². The van der Waals surface area contributed by atoms with Gasteiger partial charge in [0.05, 0.1) is 13.7 Å². The second-order valence-electron chi connectivity index (χ2n) is 4.32. The lowest BCUT2D eigenvalue weighted by Gasteiger charge is -2.11. The minimum Gasteiger partial charge on any atom is -0.493 e. The van der Waals surface area contributed by atoms with Crippen LogP contribution < -0.4 is 4.74 Å². The van der Waals surface area contributed by atoms with Gasteiger partial charge < -0.3 is 14.6 Å². The highest BCUT2D eigenvalue weighted by Gasteiger charge is 2.06. The zero-order valence-corrected chi connectivity index (χ0v) is 11.4. The molecule has 1 rings (SSSR count). The third-order valence-corrected chi connectivity index (χ3v) is 2.86. The summed E-state index contributed by atoms with van der Waals surface area (Å²) < 4.78 is 10.3. The first kappa shape index (κ1) is 15.5. The van der Waals surface area contributed by atoms with Crippen LogP contribution in [0.25, 0.3) is 0 Å². The van der Waals surface area contributed by atoms with Gasteiger partial charge in [-0.05, 0) is 37.3 Å². The van der Waals surface area contributed by atoms with E-state index in [9.17, 15) is 4.79 Å². The Morgan fingerprint density at radius 3 is 2.74 bits per heavy atom. The summed E-state index contributed by atoms with van der Waals surface area (Å²) in [5.41, 5.74) is 1.02.